The van der Waals surface area contributed by atoms with Crippen molar-refractivity contribution in [3.05, 3.63) is 0 Å². The van der Waals surface area contributed by atoms with Crippen LogP contribution in [0.2, 0.25) is 0 Å². The molecule has 0 saturated heterocycles. The van der Waals surface area contributed by atoms with Crippen LogP contribution in [0.5, 0.6) is 0 Å². The smallest absolute Gasteiger partial charge is 0.168 e. The number of amidine groups is 1. The van der Waals surface area contributed by atoms with Crippen LogP contribution in [0.3, 0.4) is 0 Å². The van der Waals surface area contributed by atoms with Gasteiger partial charge < -0.3 is 15.7 Å². The van der Waals surface area contributed by atoms with E-state index in [9.17, 15) is 0 Å². The van der Waals surface area contributed by atoms with Gasteiger partial charge in [0, 0.05) is 0 Å². The Morgan fingerprint density at radius 2 is 2.08 bits per heavy atom. The van der Waals surface area contributed by atoms with Crippen molar-refractivity contribution >= 4 is 5.84 Å². The largest absolute Gasteiger partial charge is 0.409 e. The van der Waals surface area contributed by atoms with E-state index in [0.717, 1.165) is 6.42 Å². The quantitative estimate of drug-likeness (QED) is 0.299. The Morgan fingerprint density at radius 3 is 2.38 bits per heavy atom. The number of ether oxygens (including phenoxy) is 1. The van der Waals surface area contributed by atoms with Crippen LogP contribution in [-0.4, -0.2) is 22.7 Å². The van der Waals surface area contributed by atoms with E-state index in [2.05, 4.69) is 5.16 Å². The highest BCUT2D eigenvalue weighted by atomic mass is 16.5. The fourth-order valence-corrected chi connectivity index (χ4v) is 0.886. The molecule has 0 fully saturated rings. The molecular weight excluding hydrogens is 168 g/mol. The van der Waals surface area contributed by atoms with Gasteiger partial charge in [-0.1, -0.05) is 19.0 Å². The number of nitrogens with zero attached hydrogens (tertiary/aromatic N) is 1. The minimum Gasteiger partial charge on any atom is -0.409 e. The van der Waals surface area contributed by atoms with Crippen molar-refractivity contribution in [2.24, 2.45) is 10.9 Å². The highest BCUT2D eigenvalue weighted by Crippen LogP contribution is 2.17. The summed E-state index contributed by atoms with van der Waals surface area (Å²) >= 11 is 0. The highest BCUT2D eigenvalue weighted by Gasteiger charge is 2.23. The highest BCUT2D eigenvalue weighted by molar-refractivity contribution is 5.84. The molecule has 4 nitrogen and oxygen atoms in total. The van der Waals surface area contributed by atoms with Gasteiger partial charge in [0.15, 0.2) is 5.84 Å². The molecule has 0 aliphatic carbocycles. The molecule has 0 aromatic carbocycles. The van der Waals surface area contributed by atoms with Gasteiger partial charge in [-0.15, -0.1) is 0 Å². The van der Waals surface area contributed by atoms with E-state index < -0.39 is 0 Å². The van der Waals surface area contributed by atoms with E-state index in [1.54, 1.807) is 0 Å². The number of hydrogen-bond acceptors (Lipinski definition) is 3. The van der Waals surface area contributed by atoms with E-state index in [0.29, 0.717) is 6.42 Å². The van der Waals surface area contributed by atoms with E-state index in [1.165, 1.54) is 0 Å². The Bertz CT molecular complexity index is 178. The van der Waals surface area contributed by atoms with Gasteiger partial charge in [0.1, 0.15) is 6.10 Å². The molecule has 13 heavy (non-hydrogen) atoms. The average Bonchev–Trinajstić information content (AvgIpc) is 2.13. The molecule has 1 unspecified atom stereocenters. The average molecular weight is 188 g/mol. The zero-order valence-electron chi connectivity index (χ0n) is 8.87. The Morgan fingerprint density at radius 1 is 1.54 bits per heavy atom. The summed E-state index contributed by atoms with van der Waals surface area (Å²) in [6.07, 6.45) is 1.31. The SMILES string of the molecule is CCC(OC(C)(C)CC)C(N)=NO. The lowest BCUT2D eigenvalue weighted by molar-refractivity contribution is -0.0470. The van der Waals surface area contributed by atoms with Crippen LogP contribution in [0.25, 0.3) is 0 Å². The van der Waals surface area contributed by atoms with Gasteiger partial charge in [-0.2, -0.15) is 0 Å². The number of hydrogen-bond donors (Lipinski definition) is 2. The Balaban J connectivity index is 4.29. The maximum Gasteiger partial charge on any atom is 0.168 e. The van der Waals surface area contributed by atoms with Gasteiger partial charge in [-0.25, -0.2) is 0 Å². The maximum absolute atomic E-state index is 8.49. The molecule has 0 heterocycles. The van der Waals surface area contributed by atoms with Crippen LogP contribution < -0.4 is 5.73 Å². The number of rotatable bonds is 5. The molecule has 4 heteroatoms. The Labute approximate surface area is 79.8 Å². The minimum absolute atomic E-state index is 0.143. The lowest BCUT2D eigenvalue weighted by atomic mass is 10.1. The second-order valence-corrected chi connectivity index (χ2v) is 3.65. The Hall–Kier alpha value is -0.770. The lowest BCUT2D eigenvalue weighted by Gasteiger charge is -2.28. The van der Waals surface area contributed by atoms with Crippen molar-refractivity contribution in [2.75, 3.05) is 0 Å². The summed E-state index contributed by atoms with van der Waals surface area (Å²) in [4.78, 5) is 0. The van der Waals surface area contributed by atoms with Crippen LogP contribution in [0.1, 0.15) is 40.5 Å². The summed E-state index contributed by atoms with van der Waals surface area (Å²) in [5.74, 6) is 0.143. The van der Waals surface area contributed by atoms with E-state index in [-0.39, 0.29) is 17.5 Å². The summed E-state index contributed by atoms with van der Waals surface area (Å²) in [6, 6.07) is 0. The van der Waals surface area contributed by atoms with Crippen molar-refractivity contribution < 1.29 is 9.94 Å². The molecule has 0 amide bonds. The number of oxime groups is 1. The molecule has 78 valence electrons. The van der Waals surface area contributed by atoms with E-state index in [1.807, 2.05) is 27.7 Å². The monoisotopic (exact) mass is 188 g/mol. The molecule has 0 aliphatic heterocycles. The molecule has 0 aromatic heterocycles. The first-order chi connectivity index (χ1) is 5.96. The third kappa shape index (κ3) is 4.12. The molecule has 0 bridgehead atoms. The topological polar surface area (TPSA) is 67.8 Å². The van der Waals surface area contributed by atoms with Gasteiger partial charge in [-0.3, -0.25) is 0 Å². The van der Waals surface area contributed by atoms with Gasteiger partial charge in [0.05, 0.1) is 5.60 Å². The molecule has 3 N–H and O–H groups in total. The second-order valence-electron chi connectivity index (χ2n) is 3.65. The molecule has 0 radical (unpaired) electrons. The van der Waals surface area contributed by atoms with Crippen LogP contribution in [-0.2, 0) is 4.74 Å². The van der Waals surface area contributed by atoms with Crippen LogP contribution in [0.4, 0.5) is 0 Å². The predicted octanol–water partition coefficient (Wildman–Crippen LogP) is 1.72. The van der Waals surface area contributed by atoms with Crippen LogP contribution >= 0.6 is 0 Å². The maximum atomic E-state index is 8.49. The van der Waals surface area contributed by atoms with Crippen LogP contribution in [0, 0.1) is 0 Å². The van der Waals surface area contributed by atoms with Crippen molar-refractivity contribution in [3.8, 4) is 0 Å². The minimum atomic E-state index is -0.292. The fraction of sp³-hybridized carbons (Fsp3) is 0.889. The summed E-state index contributed by atoms with van der Waals surface area (Å²) < 4.78 is 5.67. The van der Waals surface area contributed by atoms with Crippen molar-refractivity contribution in [3.63, 3.8) is 0 Å². The first-order valence-corrected chi connectivity index (χ1v) is 4.62. The molecule has 0 aromatic rings. The predicted molar refractivity (Wildman–Crippen MR) is 52.9 cm³/mol. The van der Waals surface area contributed by atoms with Gasteiger partial charge in [0.25, 0.3) is 0 Å². The third-order valence-corrected chi connectivity index (χ3v) is 2.13. The molecule has 0 rings (SSSR count). The van der Waals surface area contributed by atoms with Crippen molar-refractivity contribution in [1.82, 2.24) is 0 Å². The Kier molecular flexibility index (Phi) is 4.77. The molecule has 0 saturated carbocycles. The molecular formula is C9H20N2O2. The number of nitrogens with two attached hydrogens (primary N) is 1. The summed E-state index contributed by atoms with van der Waals surface area (Å²) in [6.45, 7) is 7.95. The second kappa shape index (κ2) is 5.07. The summed E-state index contributed by atoms with van der Waals surface area (Å²) in [7, 11) is 0. The van der Waals surface area contributed by atoms with E-state index in [4.69, 9.17) is 15.7 Å². The third-order valence-electron chi connectivity index (χ3n) is 2.13. The first kappa shape index (κ1) is 12.2. The van der Waals surface area contributed by atoms with Gasteiger partial charge >= 0.3 is 0 Å². The van der Waals surface area contributed by atoms with Crippen molar-refractivity contribution in [2.45, 2.75) is 52.2 Å². The summed E-state index contributed by atoms with van der Waals surface area (Å²) in [5.41, 5.74) is 5.24. The first-order valence-electron chi connectivity index (χ1n) is 4.62. The molecule has 1 atom stereocenters. The van der Waals surface area contributed by atoms with E-state index >= 15 is 0 Å². The van der Waals surface area contributed by atoms with Gasteiger partial charge in [0.2, 0.25) is 0 Å². The molecule has 0 aliphatic rings. The standard InChI is InChI=1S/C9H20N2O2/c1-5-7(8(10)11-12)13-9(3,4)6-2/h7,12H,5-6H2,1-4H3,(H2,10,11). The summed E-state index contributed by atoms with van der Waals surface area (Å²) in [5, 5.41) is 11.4. The lowest BCUT2D eigenvalue weighted by Crippen LogP contribution is -2.38. The van der Waals surface area contributed by atoms with Crippen LogP contribution in [0.15, 0.2) is 5.16 Å². The van der Waals surface area contributed by atoms with Crippen molar-refractivity contribution in [1.29, 1.82) is 0 Å². The zero-order chi connectivity index (χ0) is 10.5. The van der Waals surface area contributed by atoms with Gasteiger partial charge in [-0.05, 0) is 26.7 Å². The normalized spacial score (nSPS) is 15.8. The fourth-order valence-electron chi connectivity index (χ4n) is 0.886. The zero-order valence-corrected chi connectivity index (χ0v) is 8.87. The molecule has 0 spiro atoms.